The molecule has 0 fully saturated rings. The molecule has 0 amide bonds. The predicted molar refractivity (Wildman–Crippen MR) is 100 cm³/mol. The maximum Gasteiger partial charge on any atom is 0.322 e. The summed E-state index contributed by atoms with van der Waals surface area (Å²) in [5.74, 6) is -0.970. The molecule has 0 aromatic heterocycles. The van der Waals surface area contributed by atoms with Crippen LogP contribution in [0.4, 0.5) is 0 Å². The van der Waals surface area contributed by atoms with Gasteiger partial charge in [0.1, 0.15) is 0 Å². The summed E-state index contributed by atoms with van der Waals surface area (Å²) in [7, 11) is -3.77. The van der Waals surface area contributed by atoms with E-state index in [0.29, 0.717) is 6.42 Å². The van der Waals surface area contributed by atoms with Crippen molar-refractivity contribution in [3.63, 3.8) is 0 Å². The Labute approximate surface area is 191 Å². The van der Waals surface area contributed by atoms with Gasteiger partial charge in [0.05, 0.1) is 5.75 Å². The molecule has 24 heavy (non-hydrogen) atoms. The Morgan fingerprint density at radius 1 is 0.833 bits per heavy atom. The maximum absolute atomic E-state index is 11.4. The third-order valence-electron chi connectivity index (χ3n) is 3.82. The number of nitrogens with two attached hydrogens (primary N) is 1. The van der Waals surface area contributed by atoms with Gasteiger partial charge in [-0.3, -0.25) is 4.79 Å². The van der Waals surface area contributed by atoms with Crippen LogP contribution in [0.15, 0.2) is 0 Å². The molecule has 5 nitrogen and oxygen atoms in total. The predicted octanol–water partition coefficient (Wildman–Crippen LogP) is 3.53. The van der Waals surface area contributed by atoms with Gasteiger partial charge in [-0.1, -0.05) is 77.6 Å². The van der Waals surface area contributed by atoms with Gasteiger partial charge in [0.25, 0.3) is 0 Å². The second kappa shape index (κ2) is 18.8. The topological polar surface area (TPSA) is 86.5 Å². The van der Waals surface area contributed by atoms with E-state index in [1.807, 2.05) is 0 Å². The Hall–Kier alpha value is 1.02. The van der Waals surface area contributed by atoms with E-state index in [1.54, 1.807) is 0 Å². The second-order valence-electron chi connectivity index (χ2n) is 6.14. The molecule has 7 heteroatoms. The van der Waals surface area contributed by atoms with E-state index in [0.717, 1.165) is 12.8 Å². The summed E-state index contributed by atoms with van der Waals surface area (Å²) < 4.78 is 26.9. The Balaban J connectivity index is 0. The van der Waals surface area contributed by atoms with Crippen LogP contribution in [0.2, 0.25) is 0 Å². The summed E-state index contributed by atoms with van der Waals surface area (Å²) in [6.45, 7) is 2.20. The van der Waals surface area contributed by atoms with Crippen molar-refractivity contribution in [1.29, 1.82) is 0 Å². The summed E-state index contributed by atoms with van der Waals surface area (Å²) in [4.78, 5) is 11.4. The van der Waals surface area contributed by atoms with Crippen LogP contribution >= 0.6 is 0 Å². The minimum Gasteiger partial charge on any atom is -0.346 e. The molecule has 2 N–H and O–H groups in total. The van der Waals surface area contributed by atoms with Crippen molar-refractivity contribution in [2.75, 3.05) is 12.3 Å². The zero-order chi connectivity index (χ0) is 17.4. The molecular formula is C17H35KNO4S. The first-order chi connectivity index (χ1) is 11.0. The smallest absolute Gasteiger partial charge is 0.322 e. The number of hydrogen-bond acceptors (Lipinski definition) is 5. The molecule has 0 saturated heterocycles. The molecule has 0 aliphatic rings. The van der Waals surface area contributed by atoms with Crippen LogP contribution in [0.25, 0.3) is 0 Å². The number of carbonyl (C=O) groups is 1. The molecule has 1 radical (unpaired) electrons. The van der Waals surface area contributed by atoms with Crippen LogP contribution in [-0.4, -0.2) is 78.1 Å². The molecule has 0 aliphatic heterocycles. The fraction of sp³-hybridized carbons (Fsp3) is 0.941. The number of hydrogen-bond donors (Lipinski definition) is 1. The minimum atomic E-state index is -3.77. The second-order valence-corrected chi connectivity index (χ2v) is 7.84. The molecule has 0 saturated carbocycles. The zero-order valence-corrected chi connectivity index (χ0v) is 19.7. The summed E-state index contributed by atoms with van der Waals surface area (Å²) in [6, 6.07) is 0. The van der Waals surface area contributed by atoms with Crippen molar-refractivity contribution in [3.8, 4) is 0 Å². The average Bonchev–Trinajstić information content (AvgIpc) is 2.47. The minimum absolute atomic E-state index is 0. The van der Waals surface area contributed by atoms with Gasteiger partial charge in [0.15, 0.2) is 0 Å². The standard InChI is InChI=1S/C17H35NO4S.K/c1-2-3-4-5-6-7-8-9-10-11-12-13-14-17(19)22-23(20,21)16-15-18;/h2-16,18H2,1H3;. The Morgan fingerprint density at radius 2 is 1.25 bits per heavy atom. The van der Waals surface area contributed by atoms with Gasteiger partial charge in [-0.25, -0.2) is 0 Å². The van der Waals surface area contributed by atoms with Gasteiger partial charge in [0, 0.05) is 64.4 Å². The first kappa shape index (κ1) is 27.2. The van der Waals surface area contributed by atoms with Crippen molar-refractivity contribution in [3.05, 3.63) is 0 Å². The van der Waals surface area contributed by atoms with Crippen molar-refractivity contribution in [2.45, 2.75) is 90.4 Å². The summed E-state index contributed by atoms with van der Waals surface area (Å²) in [6.07, 6.45) is 14.7. The van der Waals surface area contributed by atoms with E-state index < -0.39 is 16.1 Å². The average molecular weight is 389 g/mol. The van der Waals surface area contributed by atoms with E-state index in [-0.39, 0.29) is 70.1 Å². The van der Waals surface area contributed by atoms with Gasteiger partial charge in [-0.15, -0.1) is 0 Å². The summed E-state index contributed by atoms with van der Waals surface area (Å²) in [5.41, 5.74) is 5.14. The largest absolute Gasteiger partial charge is 0.346 e. The fourth-order valence-corrected chi connectivity index (χ4v) is 3.22. The number of carbonyl (C=O) groups excluding carboxylic acids is 1. The van der Waals surface area contributed by atoms with E-state index in [2.05, 4.69) is 11.1 Å². The van der Waals surface area contributed by atoms with Gasteiger partial charge in [-0.05, 0) is 6.42 Å². The van der Waals surface area contributed by atoms with Crippen LogP contribution in [0.1, 0.15) is 90.4 Å². The summed E-state index contributed by atoms with van der Waals surface area (Å²) >= 11 is 0. The van der Waals surface area contributed by atoms with Crippen molar-refractivity contribution in [1.82, 2.24) is 0 Å². The van der Waals surface area contributed by atoms with E-state index in [4.69, 9.17) is 5.73 Å². The quantitative estimate of drug-likeness (QED) is 0.248. The first-order valence-corrected chi connectivity index (χ1v) is 10.7. The van der Waals surface area contributed by atoms with Crippen LogP contribution < -0.4 is 5.73 Å². The first-order valence-electron chi connectivity index (χ1n) is 9.17. The molecule has 139 valence electrons. The monoisotopic (exact) mass is 388 g/mol. The van der Waals surface area contributed by atoms with Crippen LogP contribution in [0, 0.1) is 0 Å². The molecule has 0 rings (SSSR count). The molecule has 0 aliphatic carbocycles. The van der Waals surface area contributed by atoms with Crippen molar-refractivity contribution in [2.24, 2.45) is 5.73 Å². The van der Waals surface area contributed by atoms with Crippen molar-refractivity contribution < 1.29 is 17.4 Å². The maximum atomic E-state index is 11.4. The van der Waals surface area contributed by atoms with Gasteiger partial charge in [-0.2, -0.15) is 8.42 Å². The molecule has 0 atom stereocenters. The van der Waals surface area contributed by atoms with E-state index >= 15 is 0 Å². The van der Waals surface area contributed by atoms with Crippen LogP contribution in [0.5, 0.6) is 0 Å². The molecule has 0 aromatic carbocycles. The normalized spacial score (nSPS) is 11.1. The fourth-order valence-electron chi connectivity index (χ4n) is 2.48. The van der Waals surface area contributed by atoms with Gasteiger partial charge in [0.2, 0.25) is 0 Å². The molecule has 0 heterocycles. The SMILES string of the molecule is CCCCCCCCCCCCCCC(=O)OS(=O)(=O)CCN.[K]. The third-order valence-corrected chi connectivity index (χ3v) is 5.00. The molecule has 0 spiro atoms. The molecule has 0 unspecified atom stereocenters. The van der Waals surface area contributed by atoms with Gasteiger partial charge < -0.3 is 9.92 Å². The van der Waals surface area contributed by atoms with E-state index in [9.17, 15) is 13.2 Å². The Kier molecular flexibility index (Phi) is 21.3. The number of rotatable bonds is 16. The number of unbranched alkanes of at least 4 members (excludes halogenated alkanes) is 11. The molecule has 0 aromatic rings. The Morgan fingerprint density at radius 3 is 1.67 bits per heavy atom. The molecular weight excluding hydrogens is 353 g/mol. The van der Waals surface area contributed by atoms with Gasteiger partial charge >= 0.3 is 16.1 Å². The van der Waals surface area contributed by atoms with Crippen LogP contribution in [-0.2, 0) is 19.1 Å². The third kappa shape index (κ3) is 19.3. The Bertz CT molecular complexity index is 388. The van der Waals surface area contributed by atoms with E-state index in [1.165, 1.54) is 57.8 Å². The summed E-state index contributed by atoms with van der Waals surface area (Å²) in [5, 5.41) is 0. The molecule has 0 bridgehead atoms. The van der Waals surface area contributed by atoms with Crippen molar-refractivity contribution >= 4 is 67.5 Å². The van der Waals surface area contributed by atoms with Crippen LogP contribution in [0.3, 0.4) is 0 Å². The zero-order valence-electron chi connectivity index (χ0n) is 15.7.